The maximum absolute atomic E-state index is 13.1. The number of hydrogen-bond donors (Lipinski definition) is 2. The van der Waals surface area contributed by atoms with Crippen LogP contribution in [0.5, 0.6) is 5.75 Å². The van der Waals surface area contributed by atoms with Crippen molar-refractivity contribution in [1.82, 2.24) is 10.2 Å². The minimum absolute atomic E-state index is 0.0709. The zero-order chi connectivity index (χ0) is 23.7. The summed E-state index contributed by atoms with van der Waals surface area (Å²) >= 11 is 0. The number of likely N-dealkylation sites (tertiary alicyclic amines) is 1. The standard InChI is InChI=1S/C30H34N2O2/c1-21-27-19-24-13-14-25(33)20-26(24)30(21,2)16-18-32(27)17-15-28(34)31-29(22-9-5-3-6-10-22)23-11-7-4-8-12-23/h3-14,20-21,27,29,33H,15-19H2,1-2H3,(H,31,34)/t21-,27+,30+/m0/s1. The second kappa shape index (κ2) is 9.27. The number of nitrogens with zero attached hydrogens (tertiary/aromatic N) is 1. The Morgan fingerprint density at radius 1 is 1.06 bits per heavy atom. The van der Waals surface area contributed by atoms with E-state index >= 15 is 0 Å². The highest BCUT2D eigenvalue weighted by atomic mass is 16.3. The molecule has 5 rings (SSSR count). The molecule has 1 saturated heterocycles. The van der Waals surface area contributed by atoms with E-state index in [1.165, 1.54) is 11.1 Å². The van der Waals surface area contributed by atoms with Gasteiger partial charge in [-0.3, -0.25) is 9.69 Å². The zero-order valence-corrected chi connectivity index (χ0v) is 20.1. The number of nitrogens with one attached hydrogen (secondary N) is 1. The van der Waals surface area contributed by atoms with E-state index in [1.54, 1.807) is 6.07 Å². The smallest absolute Gasteiger partial charge is 0.222 e. The van der Waals surface area contributed by atoms with Crippen LogP contribution in [0.25, 0.3) is 0 Å². The fourth-order valence-electron chi connectivity index (χ4n) is 6.10. The maximum atomic E-state index is 13.1. The largest absolute Gasteiger partial charge is 0.508 e. The van der Waals surface area contributed by atoms with Crippen molar-refractivity contribution in [3.63, 3.8) is 0 Å². The predicted molar refractivity (Wildman–Crippen MR) is 136 cm³/mol. The lowest BCUT2D eigenvalue weighted by Crippen LogP contribution is -2.58. The lowest BCUT2D eigenvalue weighted by Gasteiger charge is -2.54. The summed E-state index contributed by atoms with van der Waals surface area (Å²) in [6.45, 7) is 6.43. The van der Waals surface area contributed by atoms with Crippen LogP contribution in [0.4, 0.5) is 0 Å². The van der Waals surface area contributed by atoms with E-state index in [0.29, 0.717) is 24.1 Å². The Bertz CT molecular complexity index is 1110. The van der Waals surface area contributed by atoms with Crippen LogP contribution in [0.3, 0.4) is 0 Å². The molecule has 0 saturated carbocycles. The zero-order valence-electron chi connectivity index (χ0n) is 20.1. The van der Waals surface area contributed by atoms with Crippen LogP contribution in [-0.4, -0.2) is 35.0 Å². The number of phenols is 1. The fourth-order valence-corrected chi connectivity index (χ4v) is 6.10. The third-order valence-corrected chi connectivity index (χ3v) is 8.30. The summed E-state index contributed by atoms with van der Waals surface area (Å²) in [5, 5.41) is 13.4. The first-order valence-corrected chi connectivity index (χ1v) is 12.4. The lowest BCUT2D eigenvalue weighted by atomic mass is 9.59. The molecule has 1 heterocycles. The molecule has 1 amide bonds. The minimum Gasteiger partial charge on any atom is -0.508 e. The number of rotatable bonds is 6. The molecular formula is C30H34N2O2. The summed E-state index contributed by atoms with van der Waals surface area (Å²) in [4.78, 5) is 15.6. The predicted octanol–water partition coefficient (Wildman–Crippen LogP) is 5.21. The third kappa shape index (κ3) is 4.23. The average molecular weight is 455 g/mol. The van der Waals surface area contributed by atoms with Gasteiger partial charge in [-0.2, -0.15) is 0 Å². The Morgan fingerprint density at radius 3 is 2.35 bits per heavy atom. The van der Waals surface area contributed by atoms with E-state index in [-0.39, 0.29) is 17.4 Å². The van der Waals surface area contributed by atoms with Gasteiger partial charge in [-0.15, -0.1) is 0 Å². The minimum atomic E-state index is -0.146. The van der Waals surface area contributed by atoms with E-state index < -0.39 is 0 Å². The van der Waals surface area contributed by atoms with Crippen molar-refractivity contribution >= 4 is 5.91 Å². The molecule has 3 aromatic carbocycles. The van der Waals surface area contributed by atoms with Crippen LogP contribution in [0, 0.1) is 5.92 Å². The number of fused-ring (bicyclic) bond motifs is 4. The van der Waals surface area contributed by atoms with Gasteiger partial charge in [-0.05, 0) is 65.1 Å². The van der Waals surface area contributed by atoms with E-state index in [9.17, 15) is 9.90 Å². The van der Waals surface area contributed by atoms with Crippen LogP contribution in [0.15, 0.2) is 78.9 Å². The number of benzene rings is 3. The Balaban J connectivity index is 1.28. The van der Waals surface area contributed by atoms with Crippen molar-refractivity contribution in [3.8, 4) is 5.75 Å². The molecule has 3 aromatic rings. The molecule has 1 aliphatic carbocycles. The van der Waals surface area contributed by atoms with Crippen molar-refractivity contribution in [2.45, 2.75) is 50.6 Å². The van der Waals surface area contributed by atoms with Gasteiger partial charge in [0.05, 0.1) is 6.04 Å². The summed E-state index contributed by atoms with van der Waals surface area (Å²) in [6, 6.07) is 26.5. The Hall–Kier alpha value is -3.11. The van der Waals surface area contributed by atoms with E-state index in [2.05, 4.69) is 54.4 Å². The van der Waals surface area contributed by atoms with Crippen LogP contribution in [-0.2, 0) is 16.6 Å². The monoisotopic (exact) mass is 454 g/mol. The van der Waals surface area contributed by atoms with E-state index in [4.69, 9.17) is 0 Å². The molecule has 4 nitrogen and oxygen atoms in total. The van der Waals surface area contributed by atoms with Crippen molar-refractivity contribution < 1.29 is 9.90 Å². The number of carbonyl (C=O) groups is 1. The second-order valence-corrected chi connectivity index (χ2v) is 10.2. The number of aromatic hydroxyl groups is 1. The van der Waals surface area contributed by atoms with Gasteiger partial charge in [-0.25, -0.2) is 0 Å². The van der Waals surface area contributed by atoms with Gasteiger partial charge in [0.2, 0.25) is 5.91 Å². The van der Waals surface area contributed by atoms with Gasteiger partial charge in [0, 0.05) is 19.0 Å². The molecule has 4 heteroatoms. The number of amides is 1. The molecule has 1 fully saturated rings. The Morgan fingerprint density at radius 2 is 1.71 bits per heavy atom. The number of carbonyl (C=O) groups excluding carboxylic acids is 1. The summed E-state index contributed by atoms with van der Waals surface area (Å²) in [6.07, 6.45) is 2.50. The first kappa shape index (κ1) is 22.7. The van der Waals surface area contributed by atoms with Gasteiger partial charge in [0.1, 0.15) is 5.75 Å². The number of hydrogen-bond acceptors (Lipinski definition) is 3. The summed E-state index contributed by atoms with van der Waals surface area (Å²) in [7, 11) is 0. The summed E-state index contributed by atoms with van der Waals surface area (Å²) in [5.41, 5.74) is 4.91. The highest BCUT2D eigenvalue weighted by molar-refractivity contribution is 5.77. The SMILES string of the molecule is C[C@H]1[C@H]2Cc3ccc(O)cc3[C@]1(C)CCN2CCC(=O)NC(c1ccccc1)c1ccccc1. The molecule has 3 atom stereocenters. The fraction of sp³-hybridized carbons (Fsp3) is 0.367. The highest BCUT2D eigenvalue weighted by Crippen LogP contribution is 2.49. The van der Waals surface area contributed by atoms with Crippen molar-refractivity contribution in [2.24, 2.45) is 5.92 Å². The Labute approximate surface area is 202 Å². The number of piperidine rings is 1. The molecule has 2 N–H and O–H groups in total. The van der Waals surface area contributed by atoms with Crippen molar-refractivity contribution in [2.75, 3.05) is 13.1 Å². The first-order valence-electron chi connectivity index (χ1n) is 12.4. The van der Waals surface area contributed by atoms with Gasteiger partial charge < -0.3 is 10.4 Å². The van der Waals surface area contributed by atoms with Crippen LogP contribution in [0.2, 0.25) is 0 Å². The van der Waals surface area contributed by atoms with Gasteiger partial charge >= 0.3 is 0 Å². The van der Waals surface area contributed by atoms with Gasteiger partial charge in [-0.1, -0.05) is 80.6 Å². The summed E-state index contributed by atoms with van der Waals surface area (Å²) in [5.74, 6) is 0.913. The van der Waals surface area contributed by atoms with Gasteiger partial charge in [0.25, 0.3) is 0 Å². The average Bonchev–Trinajstić information content (AvgIpc) is 2.86. The third-order valence-electron chi connectivity index (χ3n) is 8.30. The summed E-state index contributed by atoms with van der Waals surface area (Å²) < 4.78 is 0. The topological polar surface area (TPSA) is 52.6 Å². The molecule has 0 spiro atoms. The van der Waals surface area contributed by atoms with Crippen LogP contribution >= 0.6 is 0 Å². The molecular weight excluding hydrogens is 420 g/mol. The molecule has 176 valence electrons. The molecule has 2 bridgehead atoms. The normalized spacial score (nSPS) is 24.0. The highest BCUT2D eigenvalue weighted by Gasteiger charge is 2.48. The van der Waals surface area contributed by atoms with Crippen molar-refractivity contribution in [3.05, 3.63) is 101 Å². The lowest BCUT2D eigenvalue weighted by molar-refractivity contribution is -0.122. The molecule has 0 radical (unpaired) electrons. The van der Waals surface area contributed by atoms with Gasteiger partial charge in [0.15, 0.2) is 0 Å². The first-order chi connectivity index (χ1) is 16.5. The maximum Gasteiger partial charge on any atom is 0.222 e. The molecule has 2 aliphatic rings. The Kier molecular flexibility index (Phi) is 6.18. The molecule has 1 aliphatic heterocycles. The quantitative estimate of drug-likeness (QED) is 0.537. The molecule has 0 aromatic heterocycles. The second-order valence-electron chi connectivity index (χ2n) is 10.2. The molecule has 0 unspecified atom stereocenters. The van der Waals surface area contributed by atoms with Crippen LogP contribution in [0.1, 0.15) is 55.0 Å². The van der Waals surface area contributed by atoms with Crippen LogP contribution < -0.4 is 5.32 Å². The van der Waals surface area contributed by atoms with E-state index in [0.717, 1.165) is 37.1 Å². The molecule has 34 heavy (non-hydrogen) atoms. The number of phenolic OH excluding ortho intramolecular Hbond substituents is 1. The van der Waals surface area contributed by atoms with E-state index in [1.807, 2.05) is 42.5 Å². The van der Waals surface area contributed by atoms with Crippen molar-refractivity contribution in [1.29, 1.82) is 0 Å².